The Hall–Kier alpha value is -3.62. The van der Waals surface area contributed by atoms with Gasteiger partial charge in [0, 0.05) is 41.0 Å². The summed E-state index contributed by atoms with van der Waals surface area (Å²) in [6.07, 6.45) is 2.00. The number of amides is 1. The molecule has 0 atom stereocenters. The molecule has 4 aromatic rings. The maximum atomic E-state index is 12.8. The predicted molar refractivity (Wildman–Crippen MR) is 132 cm³/mol. The normalized spacial score (nSPS) is 13.4. The number of carbonyl (C=O) groups is 1. The fourth-order valence-electron chi connectivity index (χ4n) is 4.02. The van der Waals surface area contributed by atoms with E-state index in [9.17, 15) is 14.9 Å². The van der Waals surface area contributed by atoms with Gasteiger partial charge in [0.15, 0.2) is 5.58 Å². The van der Waals surface area contributed by atoms with Gasteiger partial charge in [0.25, 0.3) is 11.6 Å². The lowest BCUT2D eigenvalue weighted by Crippen LogP contribution is -2.19. The molecule has 0 unspecified atom stereocenters. The number of nitro groups is 1. The Labute approximate surface area is 204 Å². The zero-order valence-corrected chi connectivity index (χ0v) is 19.3. The van der Waals surface area contributed by atoms with Crippen LogP contribution in [0.4, 0.5) is 17.1 Å². The van der Waals surface area contributed by atoms with Crippen LogP contribution < -0.4 is 10.2 Å². The number of hydrogen-bond acceptors (Lipinski definition) is 6. The van der Waals surface area contributed by atoms with Crippen molar-refractivity contribution in [1.29, 1.82) is 0 Å². The van der Waals surface area contributed by atoms with Crippen molar-refractivity contribution in [2.75, 3.05) is 23.3 Å². The van der Waals surface area contributed by atoms with E-state index in [0.717, 1.165) is 25.9 Å². The van der Waals surface area contributed by atoms with Gasteiger partial charge < -0.3 is 14.6 Å². The van der Waals surface area contributed by atoms with Crippen molar-refractivity contribution in [1.82, 2.24) is 4.98 Å². The molecule has 1 saturated heterocycles. The number of fused-ring (bicyclic) bond motifs is 1. The second-order valence-electron chi connectivity index (χ2n) is 7.94. The third kappa shape index (κ3) is 4.30. The number of rotatable bonds is 5. The summed E-state index contributed by atoms with van der Waals surface area (Å²) in [7, 11) is 0. The van der Waals surface area contributed by atoms with Crippen LogP contribution in [0.5, 0.6) is 0 Å². The van der Waals surface area contributed by atoms with E-state index in [1.165, 1.54) is 6.07 Å². The van der Waals surface area contributed by atoms with Gasteiger partial charge in [0.2, 0.25) is 5.89 Å². The molecule has 1 fully saturated rings. The average molecular weight is 497 g/mol. The number of nitrogens with zero attached hydrogens (tertiary/aromatic N) is 3. The summed E-state index contributed by atoms with van der Waals surface area (Å²) in [5.74, 6) is -0.0720. The molecule has 1 aliphatic heterocycles. The van der Waals surface area contributed by atoms with Gasteiger partial charge in [0.1, 0.15) is 11.2 Å². The number of aromatic nitrogens is 1. The van der Waals surface area contributed by atoms with Crippen LogP contribution in [0.25, 0.3) is 22.6 Å². The molecule has 1 aromatic heterocycles. The van der Waals surface area contributed by atoms with E-state index < -0.39 is 10.8 Å². The standard InChI is InChI=1S/C24H18Cl2N4O4/c25-16-12-18(26)22-19(13-16)28-24(34-22)14-3-6-17(7-4-14)27-23(31)15-5-8-20(21(11-15)30(32)33)29-9-1-2-10-29/h3-8,11-13H,1-2,9-10H2,(H,27,31). The fourth-order valence-corrected chi connectivity index (χ4v) is 4.54. The largest absolute Gasteiger partial charge is 0.435 e. The predicted octanol–water partition coefficient (Wildman–Crippen LogP) is 6.56. The molecule has 1 amide bonds. The van der Waals surface area contributed by atoms with E-state index in [4.69, 9.17) is 27.6 Å². The van der Waals surface area contributed by atoms with Crippen LogP contribution in [0.1, 0.15) is 23.2 Å². The van der Waals surface area contributed by atoms with Crippen LogP contribution >= 0.6 is 23.2 Å². The van der Waals surface area contributed by atoms with Gasteiger partial charge in [-0.1, -0.05) is 23.2 Å². The van der Waals surface area contributed by atoms with Crippen molar-refractivity contribution in [3.63, 3.8) is 0 Å². The highest BCUT2D eigenvalue weighted by Crippen LogP contribution is 2.33. The number of oxazole rings is 1. The summed E-state index contributed by atoms with van der Waals surface area (Å²) >= 11 is 12.2. The van der Waals surface area contributed by atoms with Crippen molar-refractivity contribution in [2.45, 2.75) is 12.8 Å². The van der Waals surface area contributed by atoms with E-state index >= 15 is 0 Å². The van der Waals surface area contributed by atoms with Crippen LogP contribution in [0.3, 0.4) is 0 Å². The highest BCUT2D eigenvalue weighted by atomic mass is 35.5. The molecule has 1 N–H and O–H groups in total. The molecule has 0 bridgehead atoms. The van der Waals surface area contributed by atoms with Crippen LogP contribution in [0.15, 0.2) is 59.0 Å². The van der Waals surface area contributed by atoms with Gasteiger partial charge in [-0.05, 0) is 61.4 Å². The Morgan fingerprint density at radius 1 is 1.06 bits per heavy atom. The number of benzene rings is 3. The number of carbonyl (C=O) groups excluding carboxylic acids is 1. The first-order valence-corrected chi connectivity index (χ1v) is 11.4. The third-order valence-corrected chi connectivity index (χ3v) is 6.18. The number of nitrogens with one attached hydrogen (secondary N) is 1. The minimum absolute atomic E-state index is 0.0698. The van der Waals surface area contributed by atoms with Gasteiger partial charge in [0.05, 0.1) is 9.95 Å². The highest BCUT2D eigenvalue weighted by Gasteiger charge is 2.24. The van der Waals surface area contributed by atoms with Crippen LogP contribution in [-0.2, 0) is 0 Å². The van der Waals surface area contributed by atoms with E-state index in [2.05, 4.69) is 10.3 Å². The Kier molecular flexibility index (Phi) is 5.85. The zero-order valence-electron chi connectivity index (χ0n) is 17.8. The lowest BCUT2D eigenvalue weighted by atomic mass is 10.1. The lowest BCUT2D eigenvalue weighted by molar-refractivity contribution is -0.384. The number of anilines is 2. The summed E-state index contributed by atoms with van der Waals surface area (Å²) in [6.45, 7) is 1.55. The molecule has 10 heteroatoms. The lowest BCUT2D eigenvalue weighted by Gasteiger charge is -2.17. The summed E-state index contributed by atoms with van der Waals surface area (Å²) in [6, 6.07) is 14.7. The maximum Gasteiger partial charge on any atom is 0.293 e. The molecule has 0 spiro atoms. The number of halogens is 2. The maximum absolute atomic E-state index is 12.8. The molecule has 5 rings (SSSR count). The third-order valence-electron chi connectivity index (χ3n) is 5.68. The van der Waals surface area contributed by atoms with Gasteiger partial charge in [-0.15, -0.1) is 0 Å². The molecule has 34 heavy (non-hydrogen) atoms. The van der Waals surface area contributed by atoms with Crippen molar-refractivity contribution >= 4 is 57.3 Å². The molecule has 3 aromatic carbocycles. The molecule has 2 heterocycles. The second-order valence-corrected chi connectivity index (χ2v) is 8.78. The molecule has 0 aliphatic carbocycles. The second kappa shape index (κ2) is 8.96. The molecule has 0 radical (unpaired) electrons. The Morgan fingerprint density at radius 3 is 2.50 bits per heavy atom. The number of nitro benzene ring substituents is 1. The van der Waals surface area contributed by atoms with Gasteiger partial charge in [-0.3, -0.25) is 14.9 Å². The topological polar surface area (TPSA) is 102 Å². The van der Waals surface area contributed by atoms with Crippen molar-refractivity contribution in [3.8, 4) is 11.5 Å². The monoisotopic (exact) mass is 496 g/mol. The molecule has 8 nitrogen and oxygen atoms in total. The van der Waals surface area contributed by atoms with Crippen molar-refractivity contribution < 1.29 is 14.1 Å². The van der Waals surface area contributed by atoms with Gasteiger partial charge in [-0.25, -0.2) is 4.98 Å². The first kappa shape index (κ1) is 22.2. The molecule has 172 valence electrons. The van der Waals surface area contributed by atoms with Crippen LogP contribution in [0.2, 0.25) is 10.0 Å². The Morgan fingerprint density at radius 2 is 1.79 bits per heavy atom. The smallest absolute Gasteiger partial charge is 0.293 e. The summed E-state index contributed by atoms with van der Waals surface area (Å²) in [5.41, 5.74) is 2.89. The van der Waals surface area contributed by atoms with Crippen LogP contribution in [0, 0.1) is 10.1 Å². The van der Waals surface area contributed by atoms with Crippen molar-refractivity contribution in [2.24, 2.45) is 0 Å². The quantitative estimate of drug-likeness (QED) is 0.248. The SMILES string of the molecule is O=C(Nc1ccc(-c2nc3cc(Cl)cc(Cl)c3o2)cc1)c1ccc(N2CCCC2)c([N+](=O)[O-])c1. The van der Waals surface area contributed by atoms with Gasteiger partial charge >= 0.3 is 0 Å². The van der Waals surface area contributed by atoms with E-state index in [1.54, 1.807) is 48.5 Å². The average Bonchev–Trinajstić information content (AvgIpc) is 3.49. The zero-order chi connectivity index (χ0) is 23.8. The summed E-state index contributed by atoms with van der Waals surface area (Å²) < 4.78 is 5.76. The molecular weight excluding hydrogens is 479 g/mol. The summed E-state index contributed by atoms with van der Waals surface area (Å²) in [5, 5.41) is 15.2. The minimum atomic E-state index is -0.445. The number of hydrogen-bond donors (Lipinski definition) is 1. The Bertz CT molecular complexity index is 1410. The van der Waals surface area contributed by atoms with E-state index in [0.29, 0.717) is 44.0 Å². The van der Waals surface area contributed by atoms with Crippen LogP contribution in [-0.4, -0.2) is 28.9 Å². The molecule has 0 saturated carbocycles. The van der Waals surface area contributed by atoms with E-state index in [1.807, 2.05) is 4.90 Å². The summed E-state index contributed by atoms with van der Waals surface area (Å²) in [4.78, 5) is 30.3. The molecule has 1 aliphatic rings. The highest BCUT2D eigenvalue weighted by molar-refractivity contribution is 6.38. The first-order chi connectivity index (χ1) is 16.4. The first-order valence-electron chi connectivity index (χ1n) is 10.6. The minimum Gasteiger partial charge on any atom is -0.435 e. The fraction of sp³-hybridized carbons (Fsp3) is 0.167. The Balaban J connectivity index is 1.35. The van der Waals surface area contributed by atoms with Crippen molar-refractivity contribution in [3.05, 3.63) is 80.3 Å². The molecular formula is C24H18Cl2N4O4. The van der Waals surface area contributed by atoms with E-state index in [-0.39, 0.29) is 11.3 Å². The van der Waals surface area contributed by atoms with Gasteiger partial charge in [-0.2, -0.15) is 0 Å².